The molecule has 0 rings (SSSR count). The van der Waals surface area contributed by atoms with Crippen molar-refractivity contribution in [2.75, 3.05) is 13.2 Å². The van der Waals surface area contributed by atoms with Gasteiger partial charge in [-0.05, 0) is 6.42 Å². The molecule has 0 saturated carbocycles. The summed E-state index contributed by atoms with van der Waals surface area (Å²) >= 11 is 0. The minimum Gasteiger partial charge on any atom is -0.409 e. The number of nitrogens with two attached hydrogens (primary N) is 1. The molecule has 0 amide bonds. The van der Waals surface area contributed by atoms with Gasteiger partial charge in [0.05, 0.1) is 6.61 Å². The molecule has 0 fully saturated rings. The molecule has 0 saturated heterocycles. The third-order valence-electron chi connectivity index (χ3n) is 0.979. The van der Waals surface area contributed by atoms with E-state index in [4.69, 9.17) is 15.7 Å². The smallest absolute Gasteiger partial charge is 0.141 e. The molecule has 10 heavy (non-hydrogen) atoms. The van der Waals surface area contributed by atoms with Crippen LogP contribution < -0.4 is 5.73 Å². The zero-order chi connectivity index (χ0) is 7.82. The number of rotatable bonds is 5. The largest absolute Gasteiger partial charge is 0.409 e. The van der Waals surface area contributed by atoms with Gasteiger partial charge in [-0.15, -0.1) is 0 Å². The highest BCUT2D eigenvalue weighted by molar-refractivity contribution is 5.79. The standard InChI is InChI=1S/C6H14N2O2/c1-2-4-10-5-3-6(7)8-9/h9H,2-5H2,1H3,(H2,7,8). The topological polar surface area (TPSA) is 67.8 Å². The summed E-state index contributed by atoms with van der Waals surface area (Å²) < 4.78 is 5.08. The van der Waals surface area contributed by atoms with Crippen molar-refractivity contribution in [3.63, 3.8) is 0 Å². The SMILES string of the molecule is CCCOCC/C(N)=N/O. The van der Waals surface area contributed by atoms with Gasteiger partial charge in [0.1, 0.15) is 5.84 Å². The second-order valence-electron chi connectivity index (χ2n) is 1.95. The van der Waals surface area contributed by atoms with Crippen molar-refractivity contribution in [2.24, 2.45) is 10.9 Å². The fourth-order valence-corrected chi connectivity index (χ4v) is 0.473. The van der Waals surface area contributed by atoms with E-state index in [0.717, 1.165) is 13.0 Å². The molecule has 0 aromatic heterocycles. The third-order valence-corrected chi connectivity index (χ3v) is 0.979. The summed E-state index contributed by atoms with van der Waals surface area (Å²) in [6.07, 6.45) is 1.49. The zero-order valence-corrected chi connectivity index (χ0v) is 6.21. The lowest BCUT2D eigenvalue weighted by atomic mass is 10.4. The molecule has 4 heteroatoms. The number of amidine groups is 1. The summed E-state index contributed by atoms with van der Waals surface area (Å²) in [6, 6.07) is 0. The average molecular weight is 146 g/mol. The fraction of sp³-hybridized carbons (Fsp3) is 0.833. The van der Waals surface area contributed by atoms with Crippen LogP contribution in [0.5, 0.6) is 0 Å². The van der Waals surface area contributed by atoms with E-state index in [1.54, 1.807) is 0 Å². The van der Waals surface area contributed by atoms with E-state index in [2.05, 4.69) is 5.16 Å². The molecule has 0 atom stereocenters. The van der Waals surface area contributed by atoms with E-state index >= 15 is 0 Å². The van der Waals surface area contributed by atoms with Crippen molar-refractivity contribution in [1.82, 2.24) is 0 Å². The molecule has 3 N–H and O–H groups in total. The van der Waals surface area contributed by atoms with Crippen LogP contribution in [0, 0.1) is 0 Å². The Bertz CT molecular complexity index is 104. The zero-order valence-electron chi connectivity index (χ0n) is 6.21. The molecule has 0 spiro atoms. The van der Waals surface area contributed by atoms with Crippen molar-refractivity contribution in [2.45, 2.75) is 19.8 Å². The Labute approximate surface area is 60.7 Å². The lowest BCUT2D eigenvalue weighted by Gasteiger charge is -1.99. The maximum Gasteiger partial charge on any atom is 0.141 e. The lowest BCUT2D eigenvalue weighted by molar-refractivity contribution is 0.141. The molecule has 0 bridgehead atoms. The first-order valence-electron chi connectivity index (χ1n) is 3.35. The molecule has 0 unspecified atom stereocenters. The van der Waals surface area contributed by atoms with Crippen molar-refractivity contribution >= 4 is 5.84 Å². The fourth-order valence-electron chi connectivity index (χ4n) is 0.473. The van der Waals surface area contributed by atoms with E-state index in [0.29, 0.717) is 13.0 Å². The van der Waals surface area contributed by atoms with Crippen LogP contribution in [0.15, 0.2) is 5.16 Å². The van der Waals surface area contributed by atoms with E-state index in [9.17, 15) is 0 Å². The maximum absolute atomic E-state index is 8.10. The number of hydrogen-bond donors (Lipinski definition) is 2. The summed E-state index contributed by atoms with van der Waals surface area (Å²) in [6.45, 7) is 3.30. The molecule has 0 radical (unpaired) electrons. The highest BCUT2D eigenvalue weighted by atomic mass is 16.5. The van der Waals surface area contributed by atoms with Crippen LogP contribution in [0.4, 0.5) is 0 Å². The van der Waals surface area contributed by atoms with Gasteiger partial charge < -0.3 is 15.7 Å². The van der Waals surface area contributed by atoms with Gasteiger partial charge in [-0.25, -0.2) is 0 Å². The predicted molar refractivity (Wildman–Crippen MR) is 39.1 cm³/mol. The molecule has 0 aliphatic heterocycles. The van der Waals surface area contributed by atoms with Crippen LogP contribution in [0.3, 0.4) is 0 Å². The number of hydrogen-bond acceptors (Lipinski definition) is 3. The Morgan fingerprint density at radius 2 is 2.30 bits per heavy atom. The normalized spacial score (nSPS) is 11.9. The molecule has 0 aromatic rings. The summed E-state index contributed by atoms with van der Waals surface area (Å²) in [7, 11) is 0. The number of nitrogens with zero attached hydrogens (tertiary/aromatic N) is 1. The summed E-state index contributed by atoms with van der Waals surface area (Å²) in [5, 5.41) is 10.9. The third kappa shape index (κ3) is 5.37. The molecule has 0 aliphatic carbocycles. The number of oxime groups is 1. The monoisotopic (exact) mass is 146 g/mol. The van der Waals surface area contributed by atoms with Crippen molar-refractivity contribution in [1.29, 1.82) is 0 Å². The van der Waals surface area contributed by atoms with Gasteiger partial charge in [-0.2, -0.15) is 0 Å². The molecule has 60 valence electrons. The van der Waals surface area contributed by atoms with E-state index in [1.807, 2.05) is 6.92 Å². The first-order chi connectivity index (χ1) is 4.81. The highest BCUT2D eigenvalue weighted by Crippen LogP contribution is 1.84. The van der Waals surface area contributed by atoms with E-state index in [1.165, 1.54) is 0 Å². The molecule has 0 heterocycles. The van der Waals surface area contributed by atoms with Gasteiger partial charge in [0.25, 0.3) is 0 Å². The summed E-state index contributed by atoms with van der Waals surface area (Å²) in [5.41, 5.74) is 5.18. The van der Waals surface area contributed by atoms with Gasteiger partial charge in [-0.3, -0.25) is 0 Å². The Morgan fingerprint density at radius 3 is 2.80 bits per heavy atom. The molecule has 4 nitrogen and oxygen atoms in total. The van der Waals surface area contributed by atoms with Crippen molar-refractivity contribution < 1.29 is 9.94 Å². The second-order valence-corrected chi connectivity index (χ2v) is 1.95. The first-order valence-corrected chi connectivity index (χ1v) is 3.35. The highest BCUT2D eigenvalue weighted by Gasteiger charge is 1.91. The number of ether oxygens (including phenoxy) is 1. The predicted octanol–water partition coefficient (Wildman–Crippen LogP) is 0.550. The van der Waals surface area contributed by atoms with Crippen molar-refractivity contribution in [3.05, 3.63) is 0 Å². The molecular weight excluding hydrogens is 132 g/mol. The van der Waals surface area contributed by atoms with Crippen molar-refractivity contribution in [3.8, 4) is 0 Å². The minimum absolute atomic E-state index is 0.219. The van der Waals surface area contributed by atoms with Gasteiger partial charge >= 0.3 is 0 Å². The summed E-state index contributed by atoms with van der Waals surface area (Å²) in [5.74, 6) is 0.219. The first kappa shape index (κ1) is 9.23. The van der Waals surface area contributed by atoms with E-state index < -0.39 is 0 Å². The molecule has 0 aromatic carbocycles. The molecule has 0 aliphatic rings. The average Bonchev–Trinajstić information content (AvgIpc) is 1.98. The van der Waals surface area contributed by atoms with Crippen LogP contribution in [0.25, 0.3) is 0 Å². The Morgan fingerprint density at radius 1 is 1.60 bits per heavy atom. The Kier molecular flexibility index (Phi) is 5.86. The minimum atomic E-state index is 0.219. The molecular formula is C6H14N2O2. The van der Waals surface area contributed by atoms with E-state index in [-0.39, 0.29) is 5.84 Å². The van der Waals surface area contributed by atoms with Gasteiger partial charge in [-0.1, -0.05) is 12.1 Å². The van der Waals surface area contributed by atoms with Crippen LogP contribution in [0.1, 0.15) is 19.8 Å². The van der Waals surface area contributed by atoms with Gasteiger partial charge in [0, 0.05) is 13.0 Å². The van der Waals surface area contributed by atoms with Crippen LogP contribution in [-0.2, 0) is 4.74 Å². The Hall–Kier alpha value is -0.770. The summed E-state index contributed by atoms with van der Waals surface area (Å²) in [4.78, 5) is 0. The van der Waals surface area contributed by atoms with Crippen LogP contribution in [0.2, 0.25) is 0 Å². The maximum atomic E-state index is 8.10. The second kappa shape index (κ2) is 6.35. The quantitative estimate of drug-likeness (QED) is 0.196. The van der Waals surface area contributed by atoms with Gasteiger partial charge in [0.2, 0.25) is 0 Å². The van der Waals surface area contributed by atoms with Gasteiger partial charge in [0.15, 0.2) is 0 Å². The van der Waals surface area contributed by atoms with Crippen LogP contribution in [-0.4, -0.2) is 24.3 Å². The van der Waals surface area contributed by atoms with Crippen LogP contribution >= 0.6 is 0 Å². The Balaban J connectivity index is 3.04. The lowest BCUT2D eigenvalue weighted by Crippen LogP contribution is -2.14.